The number of hydrogen-bond donors (Lipinski definition) is 2. The molecular formula is C6H6N2O. The first kappa shape index (κ1) is 4.49. The van der Waals surface area contributed by atoms with Gasteiger partial charge in [0.15, 0.2) is 5.75 Å². The monoisotopic (exact) mass is 122 g/mol. The predicted octanol–water partition coefficient (Wildman–Crippen LogP) is 0.973. The van der Waals surface area contributed by atoms with Crippen LogP contribution >= 0.6 is 0 Å². The number of H-pyrrole nitrogens is 1. The zero-order valence-electron chi connectivity index (χ0n) is 4.70. The van der Waals surface area contributed by atoms with Crippen molar-refractivity contribution < 1.29 is 5.11 Å². The van der Waals surface area contributed by atoms with E-state index in [1.165, 1.54) is 0 Å². The molecule has 3 heteroatoms. The molecule has 0 aromatic carbocycles. The molecule has 2 N–H and O–H groups in total. The Morgan fingerprint density at radius 2 is 2.44 bits per heavy atom. The summed E-state index contributed by atoms with van der Waals surface area (Å²) in [6.07, 6.45) is 3.39. The summed E-state index contributed by atoms with van der Waals surface area (Å²) in [4.78, 5) is 0. The van der Waals surface area contributed by atoms with E-state index in [1.807, 2.05) is 18.3 Å². The molecule has 0 saturated carbocycles. The van der Waals surface area contributed by atoms with Gasteiger partial charge in [0.05, 0.1) is 6.20 Å². The van der Waals surface area contributed by atoms with Crippen LogP contribution in [-0.4, -0.2) is 14.7 Å². The van der Waals surface area contributed by atoms with Gasteiger partial charge in [-0.15, -0.1) is 0 Å². The van der Waals surface area contributed by atoms with Crippen LogP contribution in [0.3, 0.4) is 0 Å². The number of nitrogens with zero attached hydrogens (tertiary/aromatic N) is 1. The third-order valence-corrected chi connectivity index (χ3v) is 1.35. The first-order valence-electron chi connectivity index (χ1n) is 2.71. The Hall–Kier alpha value is -1.38. The number of aromatic amines is 1. The van der Waals surface area contributed by atoms with E-state index in [4.69, 9.17) is 5.11 Å². The van der Waals surface area contributed by atoms with Gasteiger partial charge >= 0.3 is 0 Å². The average Bonchev–Trinajstić information content (AvgIpc) is 2.35. The third-order valence-electron chi connectivity index (χ3n) is 1.35. The Morgan fingerprint density at radius 1 is 1.56 bits per heavy atom. The summed E-state index contributed by atoms with van der Waals surface area (Å²) in [5.74, 6) is 0.292. The van der Waals surface area contributed by atoms with Crippen molar-refractivity contribution in [3.8, 4) is 5.75 Å². The van der Waals surface area contributed by atoms with Gasteiger partial charge < -0.3 is 5.11 Å². The van der Waals surface area contributed by atoms with Gasteiger partial charge in [-0.2, -0.15) is 0 Å². The smallest absolute Gasteiger partial charge is 0.158 e. The number of rotatable bonds is 0. The van der Waals surface area contributed by atoms with Crippen molar-refractivity contribution in [3.05, 3.63) is 24.5 Å². The zero-order chi connectivity index (χ0) is 6.27. The van der Waals surface area contributed by atoms with Gasteiger partial charge in [0, 0.05) is 6.20 Å². The average molecular weight is 122 g/mol. The summed E-state index contributed by atoms with van der Waals surface area (Å²) in [5, 5.41) is 11.9. The van der Waals surface area contributed by atoms with Crippen LogP contribution < -0.4 is 0 Å². The van der Waals surface area contributed by atoms with Crippen molar-refractivity contribution in [1.29, 1.82) is 0 Å². The lowest BCUT2D eigenvalue weighted by atomic mass is 10.5. The van der Waals surface area contributed by atoms with Gasteiger partial charge in [-0.25, -0.2) is 0 Å². The van der Waals surface area contributed by atoms with E-state index in [9.17, 15) is 0 Å². The second-order valence-electron chi connectivity index (χ2n) is 1.92. The maximum Gasteiger partial charge on any atom is 0.158 e. The summed E-state index contributed by atoms with van der Waals surface area (Å²) in [5.41, 5.74) is 0.815. The molecule has 0 aliphatic rings. The van der Waals surface area contributed by atoms with Gasteiger partial charge in [-0.1, -0.05) is 0 Å². The maximum absolute atomic E-state index is 9.05. The summed E-state index contributed by atoms with van der Waals surface area (Å²) in [7, 11) is 0. The number of hydrogen-bond acceptors (Lipinski definition) is 1. The Labute approximate surface area is 51.5 Å². The van der Waals surface area contributed by atoms with Gasteiger partial charge in [-0.05, 0) is 12.1 Å². The van der Waals surface area contributed by atoms with E-state index in [1.54, 1.807) is 10.7 Å². The summed E-state index contributed by atoms with van der Waals surface area (Å²) in [6, 6.07) is 3.71. The highest BCUT2D eigenvalue weighted by Gasteiger charge is 1.96. The van der Waals surface area contributed by atoms with Crippen LogP contribution in [0.2, 0.25) is 0 Å². The molecule has 0 aliphatic heterocycles. The molecule has 46 valence electrons. The molecule has 0 unspecified atom stereocenters. The van der Waals surface area contributed by atoms with E-state index in [2.05, 4.69) is 5.10 Å². The number of aromatic hydroxyl groups is 1. The lowest BCUT2D eigenvalue weighted by molar-refractivity contribution is 0.481. The van der Waals surface area contributed by atoms with Crippen molar-refractivity contribution in [2.24, 2.45) is 0 Å². The van der Waals surface area contributed by atoms with E-state index in [0.717, 1.165) is 5.52 Å². The molecular weight excluding hydrogens is 116 g/mol. The Balaban J connectivity index is 2.99. The Morgan fingerprint density at radius 3 is 3.22 bits per heavy atom. The van der Waals surface area contributed by atoms with Crippen LogP contribution in [0.25, 0.3) is 5.52 Å². The predicted molar refractivity (Wildman–Crippen MR) is 33.4 cm³/mol. The van der Waals surface area contributed by atoms with Crippen LogP contribution in [-0.2, 0) is 0 Å². The molecule has 0 spiro atoms. The van der Waals surface area contributed by atoms with Crippen molar-refractivity contribution in [2.75, 3.05) is 0 Å². The van der Waals surface area contributed by atoms with Crippen LogP contribution in [0.4, 0.5) is 0 Å². The van der Waals surface area contributed by atoms with Crippen molar-refractivity contribution in [2.45, 2.75) is 0 Å². The summed E-state index contributed by atoms with van der Waals surface area (Å²) in [6.45, 7) is 0. The number of nitrogens with one attached hydrogen (secondary N) is 1. The van der Waals surface area contributed by atoms with Gasteiger partial charge in [-0.3, -0.25) is 9.61 Å². The molecule has 0 aliphatic carbocycles. The molecule has 0 atom stereocenters. The molecule has 0 amide bonds. The minimum absolute atomic E-state index is 0.292. The molecule has 0 fully saturated rings. The molecule has 3 nitrogen and oxygen atoms in total. The lowest BCUT2D eigenvalue weighted by Crippen LogP contribution is -1.74. The molecule has 0 saturated heterocycles. The maximum atomic E-state index is 9.05. The summed E-state index contributed by atoms with van der Waals surface area (Å²) < 4.78 is 1.75. The fourth-order valence-electron chi connectivity index (χ4n) is 0.907. The topological polar surface area (TPSA) is 40.4 Å². The van der Waals surface area contributed by atoms with Crippen molar-refractivity contribution in [1.82, 2.24) is 9.61 Å². The highest BCUT2D eigenvalue weighted by atomic mass is 16.3. The fraction of sp³-hybridized carbons (Fsp3) is 0. The minimum atomic E-state index is 0.292. The van der Waals surface area contributed by atoms with E-state index in [0.29, 0.717) is 5.75 Å². The van der Waals surface area contributed by atoms with Gasteiger partial charge in [0.2, 0.25) is 0 Å². The van der Waals surface area contributed by atoms with E-state index in [-0.39, 0.29) is 0 Å². The molecule has 2 aromatic rings. The van der Waals surface area contributed by atoms with Crippen molar-refractivity contribution >= 4 is 5.52 Å². The molecule has 0 bridgehead atoms. The standard InChI is InChI=1S/C6H6N2O/c9-6-4-7-8-3-1-2-5(6)8/h1-4,7,9H. The SMILES string of the molecule is Oc1c[nH]n2cccc12. The van der Waals surface area contributed by atoms with E-state index >= 15 is 0 Å². The zero-order valence-corrected chi connectivity index (χ0v) is 4.70. The first-order valence-corrected chi connectivity index (χ1v) is 2.71. The second kappa shape index (κ2) is 1.31. The molecule has 2 heterocycles. The van der Waals surface area contributed by atoms with Crippen LogP contribution in [0.5, 0.6) is 5.75 Å². The Kier molecular flexibility index (Phi) is 0.656. The number of aromatic nitrogens is 2. The third kappa shape index (κ3) is 0.455. The van der Waals surface area contributed by atoms with Crippen LogP contribution in [0.15, 0.2) is 24.5 Å². The Bertz CT molecular complexity index is 320. The van der Waals surface area contributed by atoms with Crippen LogP contribution in [0, 0.1) is 0 Å². The van der Waals surface area contributed by atoms with Gasteiger partial charge in [0.1, 0.15) is 5.52 Å². The highest BCUT2D eigenvalue weighted by molar-refractivity contribution is 5.58. The van der Waals surface area contributed by atoms with Crippen molar-refractivity contribution in [3.63, 3.8) is 0 Å². The number of fused-ring (bicyclic) bond motifs is 1. The molecule has 2 aromatic heterocycles. The molecule has 0 radical (unpaired) electrons. The molecule has 9 heavy (non-hydrogen) atoms. The van der Waals surface area contributed by atoms with Crippen LogP contribution in [0.1, 0.15) is 0 Å². The lowest BCUT2D eigenvalue weighted by Gasteiger charge is -1.79. The minimum Gasteiger partial charge on any atom is -0.504 e. The highest BCUT2D eigenvalue weighted by Crippen LogP contribution is 2.16. The quantitative estimate of drug-likeness (QED) is 0.537. The summed E-state index contributed by atoms with van der Waals surface area (Å²) >= 11 is 0. The fourth-order valence-corrected chi connectivity index (χ4v) is 0.907. The molecule has 2 rings (SSSR count). The second-order valence-corrected chi connectivity index (χ2v) is 1.92. The van der Waals surface area contributed by atoms with E-state index < -0.39 is 0 Å². The first-order chi connectivity index (χ1) is 4.38. The normalized spacial score (nSPS) is 10.7. The largest absolute Gasteiger partial charge is 0.504 e. The van der Waals surface area contributed by atoms with Gasteiger partial charge in [0.25, 0.3) is 0 Å².